The van der Waals surface area contributed by atoms with Crippen LogP contribution >= 0.6 is 11.8 Å². The van der Waals surface area contributed by atoms with Crippen molar-refractivity contribution in [1.82, 2.24) is 19.4 Å². The number of anilines is 1. The van der Waals surface area contributed by atoms with Gasteiger partial charge in [0.05, 0.1) is 0 Å². The molecule has 0 radical (unpaired) electrons. The number of pyridine rings is 1. The summed E-state index contributed by atoms with van der Waals surface area (Å²) >= 11 is 1.86. The number of hydrogen-bond donors (Lipinski definition) is 1. The van der Waals surface area contributed by atoms with Gasteiger partial charge in [-0.1, -0.05) is 6.07 Å². The molecule has 3 aliphatic rings. The quantitative estimate of drug-likeness (QED) is 0.768. The molecule has 2 aromatic rings. The maximum atomic E-state index is 13.6. The van der Waals surface area contributed by atoms with Crippen LogP contribution in [0.2, 0.25) is 0 Å². The van der Waals surface area contributed by atoms with E-state index < -0.39 is 6.04 Å². The fourth-order valence-electron chi connectivity index (χ4n) is 5.13. The van der Waals surface area contributed by atoms with Crippen molar-refractivity contribution in [2.75, 3.05) is 42.6 Å². The van der Waals surface area contributed by atoms with E-state index in [2.05, 4.69) is 14.9 Å². The minimum atomic E-state index is -0.501. The molecule has 9 heteroatoms. The summed E-state index contributed by atoms with van der Waals surface area (Å²) in [6.45, 7) is 4.51. The van der Waals surface area contributed by atoms with Gasteiger partial charge in [0.2, 0.25) is 5.91 Å². The zero-order valence-corrected chi connectivity index (χ0v) is 17.7. The fourth-order valence-corrected chi connectivity index (χ4v) is 6.04. The molecule has 1 amide bonds. The van der Waals surface area contributed by atoms with Gasteiger partial charge in [-0.25, -0.2) is 4.98 Å². The molecule has 158 valence electrons. The van der Waals surface area contributed by atoms with Crippen molar-refractivity contribution in [2.24, 2.45) is 5.92 Å². The van der Waals surface area contributed by atoms with Gasteiger partial charge in [0, 0.05) is 67.3 Å². The predicted molar refractivity (Wildman–Crippen MR) is 116 cm³/mol. The first-order valence-corrected chi connectivity index (χ1v) is 11.6. The Morgan fingerprint density at radius 2 is 2.00 bits per heavy atom. The average Bonchev–Trinajstić information content (AvgIpc) is 2.74. The van der Waals surface area contributed by atoms with Crippen molar-refractivity contribution >= 4 is 23.5 Å². The number of thioether (sulfide) groups is 1. The number of aromatic amines is 1. The van der Waals surface area contributed by atoms with E-state index >= 15 is 0 Å². The lowest BCUT2D eigenvalue weighted by Crippen LogP contribution is -2.55. The van der Waals surface area contributed by atoms with Crippen LogP contribution in [0.1, 0.15) is 29.9 Å². The summed E-state index contributed by atoms with van der Waals surface area (Å²) in [7, 11) is 0. The summed E-state index contributed by atoms with van der Waals surface area (Å²) in [5, 5.41) is 0. The van der Waals surface area contributed by atoms with Crippen LogP contribution in [0.4, 0.5) is 5.82 Å². The van der Waals surface area contributed by atoms with Gasteiger partial charge in [0.15, 0.2) is 0 Å². The topological polar surface area (TPSA) is 91.3 Å². The third-order valence-electron chi connectivity index (χ3n) is 6.39. The molecular formula is C21H25N5O3S. The van der Waals surface area contributed by atoms with Crippen LogP contribution in [-0.2, 0) is 4.79 Å². The lowest BCUT2D eigenvalue weighted by atomic mass is 9.78. The van der Waals surface area contributed by atoms with Crippen molar-refractivity contribution in [3.63, 3.8) is 0 Å². The molecule has 5 rings (SSSR count). The van der Waals surface area contributed by atoms with Gasteiger partial charge in [-0.05, 0) is 19.4 Å². The second-order valence-electron chi connectivity index (χ2n) is 8.33. The number of aromatic nitrogens is 3. The molecule has 8 nitrogen and oxygen atoms in total. The molecule has 0 spiro atoms. The number of piperidine rings is 1. The lowest BCUT2D eigenvalue weighted by Gasteiger charge is -2.47. The van der Waals surface area contributed by atoms with E-state index in [-0.39, 0.29) is 28.9 Å². The lowest BCUT2D eigenvalue weighted by molar-refractivity contribution is -0.137. The number of hydrogen-bond acceptors (Lipinski definition) is 6. The third-order valence-corrected chi connectivity index (χ3v) is 7.34. The minimum Gasteiger partial charge on any atom is -0.355 e. The Bertz CT molecular complexity index is 1090. The van der Waals surface area contributed by atoms with Gasteiger partial charge in [-0.2, -0.15) is 11.8 Å². The minimum absolute atomic E-state index is 0.000163. The average molecular weight is 428 g/mol. The smallest absolute Gasteiger partial charge is 0.252 e. The second kappa shape index (κ2) is 7.61. The van der Waals surface area contributed by atoms with E-state index in [1.54, 1.807) is 23.6 Å². The fraction of sp³-hybridized carbons (Fsp3) is 0.524. The first-order valence-electron chi connectivity index (χ1n) is 10.4. The maximum Gasteiger partial charge on any atom is 0.252 e. The van der Waals surface area contributed by atoms with Crippen molar-refractivity contribution in [3.05, 3.63) is 56.5 Å². The Hall–Kier alpha value is -2.55. The SMILES string of the molecule is Cc1nc(N2C[C@H]3C[C@@H](C2)[C@H](C(=O)N2CCSCC2)n2c3cccc2=O)cc(=O)[nH]1. The summed E-state index contributed by atoms with van der Waals surface area (Å²) in [6.07, 6.45) is 0.862. The molecule has 3 aliphatic heterocycles. The van der Waals surface area contributed by atoms with Gasteiger partial charge in [0.25, 0.3) is 11.1 Å². The first-order chi connectivity index (χ1) is 14.5. The van der Waals surface area contributed by atoms with E-state index in [1.807, 2.05) is 22.7 Å². The number of carbonyl (C=O) groups is 1. The van der Waals surface area contributed by atoms with Gasteiger partial charge in [0.1, 0.15) is 17.7 Å². The van der Waals surface area contributed by atoms with Crippen molar-refractivity contribution in [3.8, 4) is 0 Å². The molecule has 0 saturated carbocycles. The molecular weight excluding hydrogens is 402 g/mol. The summed E-state index contributed by atoms with van der Waals surface area (Å²) in [5.41, 5.74) is 0.628. The second-order valence-corrected chi connectivity index (χ2v) is 9.55. The van der Waals surface area contributed by atoms with Gasteiger partial charge < -0.3 is 14.8 Å². The Morgan fingerprint density at radius 1 is 1.20 bits per heavy atom. The predicted octanol–water partition coefficient (Wildman–Crippen LogP) is 0.980. The highest BCUT2D eigenvalue weighted by Gasteiger charge is 2.45. The largest absolute Gasteiger partial charge is 0.355 e. The number of carbonyl (C=O) groups excluding carboxylic acids is 1. The molecule has 5 heterocycles. The third kappa shape index (κ3) is 3.34. The van der Waals surface area contributed by atoms with E-state index in [0.717, 1.165) is 36.7 Å². The molecule has 0 aromatic carbocycles. The summed E-state index contributed by atoms with van der Waals surface area (Å²) in [5.74, 6) is 3.25. The van der Waals surface area contributed by atoms with Crippen LogP contribution in [0, 0.1) is 12.8 Å². The first kappa shape index (κ1) is 19.4. The van der Waals surface area contributed by atoms with Crippen LogP contribution < -0.4 is 16.0 Å². The van der Waals surface area contributed by atoms with Crippen LogP contribution in [-0.4, -0.2) is 63.0 Å². The molecule has 2 bridgehead atoms. The monoisotopic (exact) mass is 427 g/mol. The zero-order valence-electron chi connectivity index (χ0n) is 16.9. The van der Waals surface area contributed by atoms with Crippen molar-refractivity contribution < 1.29 is 4.79 Å². The molecule has 2 fully saturated rings. The normalized spacial score (nSPS) is 25.7. The van der Waals surface area contributed by atoms with Crippen LogP contribution in [0.25, 0.3) is 0 Å². The number of amides is 1. The molecule has 3 atom stereocenters. The molecule has 2 saturated heterocycles. The summed E-state index contributed by atoms with van der Waals surface area (Å²) in [4.78, 5) is 49.7. The Balaban J connectivity index is 1.56. The molecule has 30 heavy (non-hydrogen) atoms. The van der Waals surface area contributed by atoms with Gasteiger partial charge in [-0.15, -0.1) is 0 Å². The highest BCUT2D eigenvalue weighted by atomic mass is 32.2. The highest BCUT2D eigenvalue weighted by molar-refractivity contribution is 7.99. The van der Waals surface area contributed by atoms with Crippen molar-refractivity contribution in [1.29, 1.82) is 0 Å². The Labute approximate surface area is 178 Å². The number of aryl methyl sites for hydroxylation is 1. The van der Waals surface area contributed by atoms with E-state index in [0.29, 0.717) is 24.7 Å². The number of fused-ring (bicyclic) bond motifs is 4. The standard InChI is InChI=1S/C21H25N5O3S/c1-13-22-17(10-18(27)23-13)25-11-14-9-15(12-25)20(21(29)24-5-7-30-8-6-24)26-16(14)3-2-4-19(26)28/h2-4,10,14-15,20H,5-9,11-12H2,1H3,(H,22,23,27)/t14-,15+,20-/m1/s1. The van der Waals surface area contributed by atoms with Gasteiger partial charge in [-0.3, -0.25) is 19.0 Å². The van der Waals surface area contributed by atoms with Crippen LogP contribution in [0.5, 0.6) is 0 Å². The molecule has 2 aromatic heterocycles. The summed E-state index contributed by atoms with van der Waals surface area (Å²) in [6, 6.07) is 6.32. The molecule has 0 unspecified atom stereocenters. The van der Waals surface area contributed by atoms with Crippen LogP contribution in [0.3, 0.4) is 0 Å². The van der Waals surface area contributed by atoms with E-state index in [1.165, 1.54) is 6.07 Å². The number of nitrogens with one attached hydrogen (secondary N) is 1. The van der Waals surface area contributed by atoms with Crippen LogP contribution in [0.15, 0.2) is 33.9 Å². The molecule has 0 aliphatic carbocycles. The van der Waals surface area contributed by atoms with Gasteiger partial charge >= 0.3 is 0 Å². The Morgan fingerprint density at radius 3 is 2.77 bits per heavy atom. The highest BCUT2D eigenvalue weighted by Crippen LogP contribution is 2.42. The number of rotatable bonds is 2. The zero-order chi connectivity index (χ0) is 20.8. The maximum absolute atomic E-state index is 13.6. The van der Waals surface area contributed by atoms with E-state index in [9.17, 15) is 14.4 Å². The molecule has 1 N–H and O–H groups in total. The summed E-state index contributed by atoms with van der Waals surface area (Å²) < 4.78 is 1.75. The number of H-pyrrole nitrogens is 1. The Kier molecular flexibility index (Phi) is 4.92. The van der Waals surface area contributed by atoms with E-state index in [4.69, 9.17) is 0 Å². The van der Waals surface area contributed by atoms with Crippen molar-refractivity contribution in [2.45, 2.75) is 25.3 Å². The number of nitrogens with zero attached hydrogens (tertiary/aromatic N) is 4.